The third-order valence-electron chi connectivity index (χ3n) is 3.00. The zero-order valence-corrected chi connectivity index (χ0v) is 14.2. The van der Waals surface area contributed by atoms with Gasteiger partial charge in [-0.2, -0.15) is 0 Å². The van der Waals surface area contributed by atoms with Gasteiger partial charge in [0.25, 0.3) is 0 Å². The summed E-state index contributed by atoms with van der Waals surface area (Å²) in [5.41, 5.74) is 1.02. The van der Waals surface area contributed by atoms with E-state index < -0.39 is 0 Å². The summed E-state index contributed by atoms with van der Waals surface area (Å²) < 4.78 is 10.5. The molecule has 0 bridgehead atoms. The Balaban J connectivity index is 2.63. The number of ether oxygens (including phenoxy) is 2. The number of methoxy groups -OCH3 is 2. The number of nitrogens with zero attached hydrogens (tertiary/aromatic N) is 1. The van der Waals surface area contributed by atoms with Crippen LogP contribution in [0, 0.1) is 0 Å². The summed E-state index contributed by atoms with van der Waals surface area (Å²) >= 11 is 0. The molecule has 0 aromatic heterocycles. The summed E-state index contributed by atoms with van der Waals surface area (Å²) in [7, 11) is 3.22. The number of carbonyl (C=O) groups is 1. The zero-order chi connectivity index (χ0) is 17.1. The number of hydrogen-bond acceptors (Lipinski definition) is 4. The molecule has 0 aliphatic rings. The Morgan fingerprint density at radius 3 is 2.39 bits per heavy atom. The van der Waals surface area contributed by atoms with Crippen LogP contribution in [-0.4, -0.2) is 45.7 Å². The lowest BCUT2D eigenvalue weighted by atomic mass is 10.2. The van der Waals surface area contributed by atoms with Crippen LogP contribution in [0.25, 0.3) is 0 Å². The average molecular weight is 322 g/mol. The Morgan fingerprint density at radius 2 is 1.78 bits per heavy atom. The van der Waals surface area contributed by atoms with Crippen LogP contribution in [0.15, 0.2) is 23.2 Å². The van der Waals surface area contributed by atoms with Gasteiger partial charge in [-0.15, -0.1) is 0 Å². The van der Waals surface area contributed by atoms with Gasteiger partial charge in [0, 0.05) is 26.6 Å². The molecule has 7 nitrogen and oxygen atoms in total. The van der Waals surface area contributed by atoms with Crippen LogP contribution in [0.2, 0.25) is 0 Å². The van der Waals surface area contributed by atoms with Crippen molar-refractivity contribution in [3.8, 4) is 11.5 Å². The maximum atomic E-state index is 10.8. The van der Waals surface area contributed by atoms with Crippen LogP contribution in [-0.2, 0) is 11.3 Å². The molecule has 1 amide bonds. The highest BCUT2D eigenvalue weighted by Crippen LogP contribution is 2.27. The van der Waals surface area contributed by atoms with Crippen molar-refractivity contribution >= 4 is 11.9 Å². The van der Waals surface area contributed by atoms with E-state index in [4.69, 9.17) is 9.47 Å². The van der Waals surface area contributed by atoms with Gasteiger partial charge < -0.3 is 25.4 Å². The summed E-state index contributed by atoms with van der Waals surface area (Å²) in [6, 6.07) is 5.72. The molecule has 0 radical (unpaired) electrons. The van der Waals surface area contributed by atoms with E-state index in [0.717, 1.165) is 12.1 Å². The predicted molar refractivity (Wildman–Crippen MR) is 91.0 cm³/mol. The van der Waals surface area contributed by atoms with Gasteiger partial charge in [-0.1, -0.05) is 6.07 Å². The lowest BCUT2D eigenvalue weighted by Crippen LogP contribution is -2.41. The molecule has 0 saturated heterocycles. The fourth-order valence-electron chi connectivity index (χ4n) is 1.91. The quantitative estimate of drug-likeness (QED) is 0.376. The molecule has 3 N–H and O–H groups in total. The van der Waals surface area contributed by atoms with Gasteiger partial charge in [-0.25, -0.2) is 4.99 Å². The molecular weight excluding hydrogens is 296 g/mol. The standard InChI is InChI=1S/C16H26N4O3/c1-5-17-16(19-9-8-18-12(2)21)20-11-13-6-7-14(22-3)15(10-13)23-4/h6-7,10H,5,8-9,11H2,1-4H3,(H,18,21)(H2,17,19,20). The maximum absolute atomic E-state index is 10.8. The first-order chi connectivity index (χ1) is 11.1. The van der Waals surface area contributed by atoms with Gasteiger partial charge in [-0.05, 0) is 24.6 Å². The summed E-state index contributed by atoms with van der Waals surface area (Å²) in [5.74, 6) is 2.04. The van der Waals surface area contributed by atoms with Crippen LogP contribution in [0.4, 0.5) is 0 Å². The number of guanidine groups is 1. The van der Waals surface area contributed by atoms with E-state index in [0.29, 0.717) is 37.1 Å². The Hall–Kier alpha value is -2.44. The monoisotopic (exact) mass is 322 g/mol. The molecular formula is C16H26N4O3. The molecule has 7 heteroatoms. The lowest BCUT2D eigenvalue weighted by molar-refractivity contribution is -0.118. The molecule has 1 rings (SSSR count). The number of nitrogens with one attached hydrogen (secondary N) is 3. The third kappa shape index (κ3) is 6.90. The van der Waals surface area contributed by atoms with E-state index >= 15 is 0 Å². The summed E-state index contributed by atoms with van der Waals surface area (Å²) in [5, 5.41) is 9.06. The number of aliphatic imine (C=N–C) groups is 1. The summed E-state index contributed by atoms with van der Waals surface area (Å²) in [6.07, 6.45) is 0. The zero-order valence-electron chi connectivity index (χ0n) is 14.2. The molecule has 1 aromatic carbocycles. The van der Waals surface area contributed by atoms with Crippen molar-refractivity contribution in [2.24, 2.45) is 4.99 Å². The van der Waals surface area contributed by atoms with E-state index in [-0.39, 0.29) is 5.91 Å². The summed E-state index contributed by atoms with van der Waals surface area (Å²) in [6.45, 7) is 5.93. The molecule has 128 valence electrons. The van der Waals surface area contributed by atoms with Crippen LogP contribution < -0.4 is 25.4 Å². The smallest absolute Gasteiger partial charge is 0.216 e. The van der Waals surface area contributed by atoms with Crippen molar-refractivity contribution in [2.45, 2.75) is 20.4 Å². The van der Waals surface area contributed by atoms with Gasteiger partial charge in [-0.3, -0.25) is 4.79 Å². The lowest BCUT2D eigenvalue weighted by Gasteiger charge is -2.12. The first kappa shape index (κ1) is 18.6. The number of rotatable bonds is 8. The van der Waals surface area contributed by atoms with E-state index in [1.165, 1.54) is 6.92 Å². The molecule has 1 aromatic rings. The van der Waals surface area contributed by atoms with Crippen LogP contribution in [0.5, 0.6) is 11.5 Å². The van der Waals surface area contributed by atoms with Crippen LogP contribution in [0.3, 0.4) is 0 Å². The van der Waals surface area contributed by atoms with Gasteiger partial charge >= 0.3 is 0 Å². The number of hydrogen-bond donors (Lipinski definition) is 3. The molecule has 0 saturated carbocycles. The fourth-order valence-corrected chi connectivity index (χ4v) is 1.91. The number of benzene rings is 1. The molecule has 0 unspecified atom stereocenters. The minimum Gasteiger partial charge on any atom is -0.493 e. The molecule has 0 aliphatic heterocycles. The highest BCUT2D eigenvalue weighted by atomic mass is 16.5. The van der Waals surface area contributed by atoms with Crippen molar-refractivity contribution in [3.05, 3.63) is 23.8 Å². The largest absolute Gasteiger partial charge is 0.493 e. The van der Waals surface area contributed by atoms with Crippen molar-refractivity contribution in [1.29, 1.82) is 0 Å². The SMILES string of the molecule is CCNC(=NCc1ccc(OC)c(OC)c1)NCCNC(C)=O. The molecule has 0 heterocycles. The predicted octanol–water partition coefficient (Wildman–Crippen LogP) is 0.895. The van der Waals surface area contributed by atoms with Crippen LogP contribution in [0.1, 0.15) is 19.4 Å². The fraction of sp³-hybridized carbons (Fsp3) is 0.500. The average Bonchev–Trinajstić information content (AvgIpc) is 2.55. The number of carbonyl (C=O) groups excluding carboxylic acids is 1. The third-order valence-corrected chi connectivity index (χ3v) is 3.00. The Morgan fingerprint density at radius 1 is 1.09 bits per heavy atom. The highest BCUT2D eigenvalue weighted by Gasteiger charge is 2.04. The molecule has 23 heavy (non-hydrogen) atoms. The molecule has 0 spiro atoms. The maximum Gasteiger partial charge on any atom is 0.216 e. The van der Waals surface area contributed by atoms with Gasteiger partial charge in [0.05, 0.1) is 20.8 Å². The molecule has 0 atom stereocenters. The van der Waals surface area contributed by atoms with Gasteiger partial charge in [0.2, 0.25) is 5.91 Å². The highest BCUT2D eigenvalue weighted by molar-refractivity contribution is 5.79. The van der Waals surface area contributed by atoms with Crippen molar-refractivity contribution in [1.82, 2.24) is 16.0 Å². The Bertz CT molecular complexity index is 532. The van der Waals surface area contributed by atoms with E-state index in [1.54, 1.807) is 14.2 Å². The Labute approximate surface area is 137 Å². The van der Waals surface area contributed by atoms with Gasteiger partial charge in [0.1, 0.15) is 0 Å². The number of amides is 1. The van der Waals surface area contributed by atoms with Crippen molar-refractivity contribution in [2.75, 3.05) is 33.9 Å². The molecule has 0 fully saturated rings. The van der Waals surface area contributed by atoms with E-state index in [2.05, 4.69) is 20.9 Å². The normalized spacial score (nSPS) is 10.9. The van der Waals surface area contributed by atoms with Gasteiger partial charge in [0.15, 0.2) is 17.5 Å². The minimum absolute atomic E-state index is 0.0425. The second-order valence-electron chi connectivity index (χ2n) is 4.79. The van der Waals surface area contributed by atoms with Crippen LogP contribution >= 0.6 is 0 Å². The van der Waals surface area contributed by atoms with E-state index in [9.17, 15) is 4.79 Å². The van der Waals surface area contributed by atoms with Crippen molar-refractivity contribution < 1.29 is 14.3 Å². The molecule has 0 aliphatic carbocycles. The Kier molecular flexibility index (Phi) is 8.34. The summed E-state index contributed by atoms with van der Waals surface area (Å²) in [4.78, 5) is 15.3. The van der Waals surface area contributed by atoms with Crippen molar-refractivity contribution in [3.63, 3.8) is 0 Å². The second-order valence-corrected chi connectivity index (χ2v) is 4.79. The topological polar surface area (TPSA) is 84.0 Å². The van der Waals surface area contributed by atoms with E-state index in [1.807, 2.05) is 25.1 Å². The first-order valence-electron chi connectivity index (χ1n) is 7.58. The first-order valence-corrected chi connectivity index (χ1v) is 7.58. The minimum atomic E-state index is -0.0425. The second kappa shape index (κ2) is 10.3.